The van der Waals surface area contributed by atoms with Crippen LogP contribution in [0.15, 0.2) is 29.6 Å². The van der Waals surface area contributed by atoms with Crippen LogP contribution in [0.2, 0.25) is 0 Å². The minimum absolute atomic E-state index is 0.131. The highest BCUT2D eigenvalue weighted by Gasteiger charge is 2.25. The first-order valence-electron chi connectivity index (χ1n) is 8.78. The zero-order valence-electron chi connectivity index (χ0n) is 15.4. The molecule has 5 heteroatoms. The molecule has 2 aromatic rings. The van der Waals surface area contributed by atoms with Crippen LogP contribution < -0.4 is 15.2 Å². The molecule has 1 atom stereocenters. The fraction of sp³-hybridized carbons (Fsp3) is 0.500. The summed E-state index contributed by atoms with van der Waals surface area (Å²) in [6.07, 6.45) is 3.09. The average Bonchev–Trinajstić information content (AvgIpc) is 3.25. The maximum absolute atomic E-state index is 6.55. The van der Waals surface area contributed by atoms with Gasteiger partial charge < -0.3 is 15.2 Å². The van der Waals surface area contributed by atoms with Gasteiger partial charge in [-0.3, -0.25) is 4.90 Å². The van der Waals surface area contributed by atoms with Crippen molar-refractivity contribution >= 4 is 11.3 Å². The number of rotatable bonds is 8. The maximum Gasteiger partial charge on any atom is 0.161 e. The van der Waals surface area contributed by atoms with Gasteiger partial charge in [-0.1, -0.05) is 6.07 Å². The second-order valence-corrected chi connectivity index (χ2v) is 8.20. The van der Waals surface area contributed by atoms with Gasteiger partial charge in [0.05, 0.1) is 14.2 Å². The lowest BCUT2D eigenvalue weighted by Crippen LogP contribution is -2.39. The summed E-state index contributed by atoms with van der Waals surface area (Å²) in [5, 5.41) is 2.13. The van der Waals surface area contributed by atoms with E-state index in [1.54, 1.807) is 14.2 Å². The third-order valence-electron chi connectivity index (χ3n) is 5.02. The zero-order valence-corrected chi connectivity index (χ0v) is 16.2. The number of thiophene rings is 1. The fourth-order valence-electron chi connectivity index (χ4n) is 3.36. The number of ether oxygens (including phenoxy) is 2. The molecular formula is C20H28N2O2S. The third-order valence-corrected chi connectivity index (χ3v) is 5.95. The Bertz CT molecular complexity index is 665. The van der Waals surface area contributed by atoms with E-state index in [9.17, 15) is 0 Å². The highest BCUT2D eigenvalue weighted by molar-refractivity contribution is 7.09. The lowest BCUT2D eigenvalue weighted by molar-refractivity contribution is 0.244. The summed E-state index contributed by atoms with van der Waals surface area (Å²) < 4.78 is 10.8. The summed E-state index contributed by atoms with van der Waals surface area (Å²) in [4.78, 5) is 3.88. The molecule has 0 saturated carbocycles. The molecule has 1 unspecified atom stereocenters. The number of nitrogens with two attached hydrogens (primary N) is 1. The van der Waals surface area contributed by atoms with Crippen molar-refractivity contribution in [1.29, 1.82) is 0 Å². The number of nitrogens with zero attached hydrogens (tertiary/aromatic N) is 1. The van der Waals surface area contributed by atoms with E-state index in [0.717, 1.165) is 50.4 Å². The first-order chi connectivity index (χ1) is 12.0. The highest BCUT2D eigenvalue weighted by Crippen LogP contribution is 2.35. The van der Waals surface area contributed by atoms with Crippen LogP contribution in [-0.2, 0) is 19.5 Å². The minimum atomic E-state index is -0.131. The second-order valence-electron chi connectivity index (χ2n) is 7.17. The van der Waals surface area contributed by atoms with Crippen molar-refractivity contribution < 1.29 is 9.47 Å². The van der Waals surface area contributed by atoms with Crippen molar-refractivity contribution in [3.63, 3.8) is 0 Å². The average molecular weight is 361 g/mol. The molecule has 0 bridgehead atoms. The van der Waals surface area contributed by atoms with Gasteiger partial charge in [-0.05, 0) is 60.9 Å². The number of hydrogen-bond acceptors (Lipinski definition) is 5. The Morgan fingerprint density at radius 1 is 1.12 bits per heavy atom. The Kier molecular flexibility index (Phi) is 5.67. The van der Waals surface area contributed by atoms with Crippen LogP contribution in [0.1, 0.15) is 35.8 Å². The molecule has 2 heterocycles. The van der Waals surface area contributed by atoms with Gasteiger partial charge in [-0.2, -0.15) is 0 Å². The van der Waals surface area contributed by atoms with Gasteiger partial charge >= 0.3 is 0 Å². The van der Waals surface area contributed by atoms with Crippen molar-refractivity contribution in [2.24, 2.45) is 5.73 Å². The topological polar surface area (TPSA) is 47.7 Å². The summed E-state index contributed by atoms with van der Waals surface area (Å²) >= 11 is 1.82. The van der Waals surface area contributed by atoms with E-state index in [2.05, 4.69) is 41.5 Å². The Morgan fingerprint density at radius 2 is 1.76 bits per heavy atom. The molecule has 0 saturated heterocycles. The maximum atomic E-state index is 6.55. The number of aryl methyl sites for hydroxylation is 1. The fourth-order valence-corrected chi connectivity index (χ4v) is 4.06. The normalized spacial score (nSPS) is 16.5. The molecular weight excluding hydrogens is 332 g/mol. The van der Waals surface area contributed by atoms with E-state index in [-0.39, 0.29) is 5.54 Å². The van der Waals surface area contributed by atoms with E-state index in [0.29, 0.717) is 0 Å². The van der Waals surface area contributed by atoms with Crippen molar-refractivity contribution in [1.82, 2.24) is 4.90 Å². The lowest BCUT2D eigenvalue weighted by atomic mass is 9.92. The molecule has 4 nitrogen and oxygen atoms in total. The van der Waals surface area contributed by atoms with Gasteiger partial charge in [0.25, 0.3) is 0 Å². The number of methoxy groups -OCH3 is 2. The van der Waals surface area contributed by atoms with Crippen LogP contribution in [0.4, 0.5) is 0 Å². The third kappa shape index (κ3) is 4.54. The smallest absolute Gasteiger partial charge is 0.161 e. The number of benzene rings is 1. The molecule has 1 aliphatic rings. The molecule has 0 radical (unpaired) electrons. The van der Waals surface area contributed by atoms with E-state index < -0.39 is 0 Å². The summed E-state index contributed by atoms with van der Waals surface area (Å²) in [6, 6.07) is 8.51. The molecule has 0 spiro atoms. The summed E-state index contributed by atoms with van der Waals surface area (Å²) in [5.74, 6) is 1.62. The van der Waals surface area contributed by atoms with E-state index in [1.807, 2.05) is 11.3 Å². The predicted octanol–water partition coefficient (Wildman–Crippen LogP) is 3.82. The van der Waals surface area contributed by atoms with E-state index in [1.165, 1.54) is 16.0 Å². The standard InChI is InChI=1S/C20H28N2O2S/c1-20(21,7-6-17-5-4-10-25-17)8-9-22-13-15-11-18(23-2)19(24-3)12-16(15)14-22/h4-5,10-12H,6-9,13-14,21H2,1-3H3. The van der Waals surface area contributed by atoms with Gasteiger partial charge in [0.1, 0.15) is 0 Å². The van der Waals surface area contributed by atoms with E-state index >= 15 is 0 Å². The van der Waals surface area contributed by atoms with Crippen molar-refractivity contribution in [3.8, 4) is 11.5 Å². The van der Waals surface area contributed by atoms with Gasteiger partial charge in [0, 0.05) is 30.1 Å². The largest absolute Gasteiger partial charge is 0.493 e. The van der Waals surface area contributed by atoms with Crippen LogP contribution in [0.5, 0.6) is 11.5 Å². The Labute approximate surface area is 154 Å². The molecule has 3 rings (SSSR count). The molecule has 2 N–H and O–H groups in total. The molecule has 0 amide bonds. The monoisotopic (exact) mass is 360 g/mol. The molecule has 0 fully saturated rings. The van der Waals surface area contributed by atoms with Crippen molar-refractivity contribution in [2.75, 3.05) is 20.8 Å². The van der Waals surface area contributed by atoms with Crippen molar-refractivity contribution in [2.45, 2.75) is 44.8 Å². The first-order valence-corrected chi connectivity index (χ1v) is 9.66. The van der Waals surface area contributed by atoms with Gasteiger partial charge in [-0.25, -0.2) is 0 Å². The molecule has 136 valence electrons. The van der Waals surface area contributed by atoms with Gasteiger partial charge in [-0.15, -0.1) is 11.3 Å². The first kappa shape index (κ1) is 18.2. The Balaban J connectivity index is 1.54. The van der Waals surface area contributed by atoms with E-state index in [4.69, 9.17) is 15.2 Å². The van der Waals surface area contributed by atoms with Crippen LogP contribution >= 0.6 is 11.3 Å². The van der Waals surface area contributed by atoms with Crippen LogP contribution in [0, 0.1) is 0 Å². The second kappa shape index (κ2) is 7.77. The summed E-state index contributed by atoms with van der Waals surface area (Å²) in [7, 11) is 3.37. The molecule has 1 aliphatic heterocycles. The van der Waals surface area contributed by atoms with Crippen molar-refractivity contribution in [3.05, 3.63) is 45.6 Å². The molecule has 0 aliphatic carbocycles. The summed E-state index contributed by atoms with van der Waals surface area (Å²) in [6.45, 7) is 5.10. The van der Waals surface area contributed by atoms with Gasteiger partial charge in [0.15, 0.2) is 11.5 Å². The lowest BCUT2D eigenvalue weighted by Gasteiger charge is -2.27. The SMILES string of the molecule is COc1cc2c(cc1OC)CN(CCC(C)(N)CCc1cccs1)C2. The highest BCUT2D eigenvalue weighted by atomic mass is 32.1. The minimum Gasteiger partial charge on any atom is -0.493 e. The molecule has 1 aromatic carbocycles. The van der Waals surface area contributed by atoms with Crippen LogP contribution in [-0.4, -0.2) is 31.2 Å². The summed E-state index contributed by atoms with van der Waals surface area (Å²) in [5.41, 5.74) is 9.07. The van der Waals surface area contributed by atoms with Crippen LogP contribution in [0.25, 0.3) is 0 Å². The Morgan fingerprint density at radius 3 is 2.28 bits per heavy atom. The van der Waals surface area contributed by atoms with Gasteiger partial charge in [0.2, 0.25) is 0 Å². The molecule has 1 aromatic heterocycles. The Hall–Kier alpha value is -1.56. The quantitative estimate of drug-likeness (QED) is 0.777. The molecule has 25 heavy (non-hydrogen) atoms. The van der Waals surface area contributed by atoms with Crippen LogP contribution in [0.3, 0.4) is 0 Å². The number of fused-ring (bicyclic) bond motifs is 1. The zero-order chi connectivity index (χ0) is 17.9. The predicted molar refractivity (Wildman–Crippen MR) is 104 cm³/mol. The number of hydrogen-bond donors (Lipinski definition) is 1.